The summed E-state index contributed by atoms with van der Waals surface area (Å²) in [5.74, 6) is 1.42. The van der Waals surface area contributed by atoms with Gasteiger partial charge in [-0.05, 0) is 38.5 Å². The lowest BCUT2D eigenvalue weighted by atomic mass is 9.97. The van der Waals surface area contributed by atoms with Gasteiger partial charge in [0.1, 0.15) is 24.8 Å². The van der Waals surface area contributed by atoms with Gasteiger partial charge in [0.15, 0.2) is 10.9 Å². The molecule has 150 valence electrons. The number of thiazole rings is 1. The zero-order valence-corrected chi connectivity index (χ0v) is 16.8. The lowest BCUT2D eigenvalue weighted by Gasteiger charge is -2.32. The van der Waals surface area contributed by atoms with Crippen molar-refractivity contribution in [3.8, 4) is 5.82 Å². The van der Waals surface area contributed by atoms with Gasteiger partial charge in [0.2, 0.25) is 5.91 Å². The molecule has 5 rings (SSSR count). The summed E-state index contributed by atoms with van der Waals surface area (Å²) in [6.45, 7) is 1.49. The molecule has 3 aromatic heterocycles. The second-order valence-corrected chi connectivity index (χ2v) is 8.53. The second-order valence-electron chi connectivity index (χ2n) is 7.44. The summed E-state index contributed by atoms with van der Waals surface area (Å²) in [6, 6.07) is 1.88. The highest BCUT2D eigenvalue weighted by atomic mass is 32.1. The van der Waals surface area contributed by atoms with Crippen molar-refractivity contribution in [2.45, 2.75) is 38.5 Å². The maximum atomic E-state index is 12.9. The van der Waals surface area contributed by atoms with Crippen molar-refractivity contribution in [1.82, 2.24) is 29.7 Å². The Bertz CT molecular complexity index is 978. The number of aryl methyl sites for hydroxylation is 2. The Morgan fingerprint density at radius 1 is 1.14 bits per heavy atom. The number of hydrogen-bond donors (Lipinski definition) is 1. The highest BCUT2D eigenvalue weighted by molar-refractivity contribution is 7.15. The molecule has 4 heterocycles. The van der Waals surface area contributed by atoms with E-state index in [4.69, 9.17) is 0 Å². The van der Waals surface area contributed by atoms with Crippen molar-refractivity contribution < 1.29 is 4.79 Å². The number of carbonyl (C=O) groups is 1. The topological polar surface area (TPSA) is 102 Å². The fourth-order valence-corrected chi connectivity index (χ4v) is 5.03. The molecule has 1 unspecified atom stereocenters. The number of aromatic nitrogens is 6. The smallest absolute Gasteiger partial charge is 0.231 e. The van der Waals surface area contributed by atoms with Gasteiger partial charge in [0.05, 0.1) is 11.6 Å². The number of piperidine rings is 1. The Morgan fingerprint density at radius 2 is 2.03 bits per heavy atom. The van der Waals surface area contributed by atoms with Crippen LogP contribution in [0.4, 0.5) is 10.9 Å². The van der Waals surface area contributed by atoms with Gasteiger partial charge in [-0.15, -0.1) is 11.3 Å². The van der Waals surface area contributed by atoms with Crippen molar-refractivity contribution in [2.24, 2.45) is 5.92 Å². The summed E-state index contributed by atoms with van der Waals surface area (Å²) in [7, 11) is 0. The fraction of sp³-hybridized carbons (Fsp3) is 0.474. The van der Waals surface area contributed by atoms with Crippen molar-refractivity contribution in [3.05, 3.63) is 35.6 Å². The molecule has 0 radical (unpaired) electrons. The molecule has 0 spiro atoms. The Hall–Kier alpha value is -2.88. The van der Waals surface area contributed by atoms with Crippen LogP contribution in [-0.2, 0) is 17.6 Å². The maximum absolute atomic E-state index is 12.9. The molecule has 1 fully saturated rings. The van der Waals surface area contributed by atoms with Crippen molar-refractivity contribution in [1.29, 1.82) is 0 Å². The molecule has 3 aromatic rings. The lowest BCUT2D eigenvalue weighted by Crippen LogP contribution is -2.41. The van der Waals surface area contributed by atoms with Crippen LogP contribution in [-0.4, -0.2) is 48.7 Å². The maximum Gasteiger partial charge on any atom is 0.231 e. The molecule has 9 nitrogen and oxygen atoms in total. The number of nitrogens with one attached hydrogen (secondary N) is 1. The van der Waals surface area contributed by atoms with Crippen LogP contribution in [0.1, 0.15) is 36.3 Å². The Kier molecular flexibility index (Phi) is 4.92. The molecule has 2 aliphatic rings. The van der Waals surface area contributed by atoms with Gasteiger partial charge in [0, 0.05) is 24.0 Å². The molecule has 1 aliphatic carbocycles. The van der Waals surface area contributed by atoms with E-state index in [1.165, 1.54) is 36.1 Å². The summed E-state index contributed by atoms with van der Waals surface area (Å²) in [5.41, 5.74) is 1.17. The summed E-state index contributed by atoms with van der Waals surface area (Å²) < 4.78 is 1.60. The van der Waals surface area contributed by atoms with Crippen LogP contribution in [0.15, 0.2) is 25.0 Å². The van der Waals surface area contributed by atoms with Crippen LogP contribution in [0.3, 0.4) is 0 Å². The summed E-state index contributed by atoms with van der Waals surface area (Å²) >= 11 is 1.63. The molecule has 0 saturated carbocycles. The first kappa shape index (κ1) is 18.2. The van der Waals surface area contributed by atoms with E-state index < -0.39 is 0 Å². The van der Waals surface area contributed by atoms with Gasteiger partial charge >= 0.3 is 0 Å². The fourth-order valence-electron chi connectivity index (χ4n) is 3.97. The van der Waals surface area contributed by atoms with Crippen molar-refractivity contribution in [3.63, 3.8) is 0 Å². The third-order valence-electron chi connectivity index (χ3n) is 5.48. The largest absolute Gasteiger partial charge is 0.356 e. The average Bonchev–Trinajstić information content (AvgIpc) is 3.43. The monoisotopic (exact) mass is 410 g/mol. The van der Waals surface area contributed by atoms with E-state index >= 15 is 0 Å². The first-order chi connectivity index (χ1) is 14.3. The molecule has 10 heteroatoms. The number of hydrogen-bond acceptors (Lipinski definition) is 8. The number of fused-ring (bicyclic) bond motifs is 1. The van der Waals surface area contributed by atoms with Gasteiger partial charge in [-0.3, -0.25) is 4.79 Å². The van der Waals surface area contributed by atoms with Crippen molar-refractivity contribution >= 4 is 28.2 Å². The van der Waals surface area contributed by atoms with E-state index in [-0.39, 0.29) is 11.8 Å². The predicted octanol–water partition coefficient (Wildman–Crippen LogP) is 2.25. The van der Waals surface area contributed by atoms with Gasteiger partial charge in [-0.25, -0.2) is 24.6 Å². The summed E-state index contributed by atoms with van der Waals surface area (Å²) in [4.78, 5) is 33.6. The molecule has 29 heavy (non-hydrogen) atoms. The molecule has 1 saturated heterocycles. The number of anilines is 2. The molecule has 0 aromatic carbocycles. The summed E-state index contributed by atoms with van der Waals surface area (Å²) in [6.07, 6.45) is 10.9. The zero-order chi connectivity index (χ0) is 19.6. The van der Waals surface area contributed by atoms with E-state index in [9.17, 15) is 4.79 Å². The zero-order valence-electron chi connectivity index (χ0n) is 16.0. The highest BCUT2D eigenvalue weighted by Crippen LogP contribution is 2.30. The van der Waals surface area contributed by atoms with Gasteiger partial charge < -0.3 is 10.2 Å². The highest BCUT2D eigenvalue weighted by Gasteiger charge is 2.28. The minimum absolute atomic E-state index is 0.0475. The number of rotatable bonds is 4. The quantitative estimate of drug-likeness (QED) is 0.704. The standard InChI is InChI=1S/C19H22N8OS/c28-18(25-19-24-14-5-1-2-6-15(14)29-19)13-4-3-7-26(9-13)16-8-17(22-11-21-16)27-12-20-10-23-27/h8,10-13H,1-7,9H2,(H,24,25,28). The second kappa shape index (κ2) is 7.86. The molecule has 0 bridgehead atoms. The van der Waals surface area contributed by atoms with E-state index in [2.05, 4.69) is 35.3 Å². The van der Waals surface area contributed by atoms with Crippen LogP contribution in [0.2, 0.25) is 0 Å². The minimum Gasteiger partial charge on any atom is -0.356 e. The predicted molar refractivity (Wildman–Crippen MR) is 109 cm³/mol. The molecular formula is C19H22N8OS. The number of amides is 1. The van der Waals surface area contributed by atoms with Crippen LogP contribution in [0.5, 0.6) is 0 Å². The number of carbonyl (C=O) groups excluding carboxylic acids is 1. The van der Waals surface area contributed by atoms with Crippen LogP contribution < -0.4 is 10.2 Å². The van der Waals surface area contributed by atoms with Crippen molar-refractivity contribution in [2.75, 3.05) is 23.3 Å². The third-order valence-corrected chi connectivity index (χ3v) is 6.56. The normalized spacial score (nSPS) is 19.0. The molecule has 1 atom stereocenters. The third kappa shape index (κ3) is 3.84. The van der Waals surface area contributed by atoms with E-state index in [0.29, 0.717) is 12.4 Å². The minimum atomic E-state index is -0.0885. The lowest BCUT2D eigenvalue weighted by molar-refractivity contribution is -0.120. The van der Waals surface area contributed by atoms with Crippen LogP contribution >= 0.6 is 11.3 Å². The Balaban J connectivity index is 1.27. The molecule has 1 N–H and O–H groups in total. The summed E-state index contributed by atoms with van der Waals surface area (Å²) in [5, 5.41) is 7.92. The van der Waals surface area contributed by atoms with Gasteiger partial charge in [0.25, 0.3) is 0 Å². The van der Waals surface area contributed by atoms with Gasteiger partial charge in [-0.2, -0.15) is 5.10 Å². The van der Waals surface area contributed by atoms with E-state index in [1.807, 2.05) is 6.07 Å². The first-order valence-corrected chi connectivity index (χ1v) is 10.8. The molecule has 1 amide bonds. The molecular weight excluding hydrogens is 388 g/mol. The molecule has 1 aliphatic heterocycles. The van der Waals surface area contributed by atoms with Crippen LogP contribution in [0, 0.1) is 5.92 Å². The average molecular weight is 411 g/mol. The Labute approximate surface area is 172 Å². The first-order valence-electron chi connectivity index (χ1n) is 9.98. The SMILES string of the molecule is O=C(Nc1nc2c(s1)CCCC2)C1CCCN(c2cc(-n3cncn3)ncn2)C1. The van der Waals surface area contributed by atoms with E-state index in [0.717, 1.165) is 43.2 Å². The van der Waals surface area contributed by atoms with Gasteiger partial charge in [-0.1, -0.05) is 0 Å². The Morgan fingerprint density at radius 3 is 2.90 bits per heavy atom. The van der Waals surface area contributed by atoms with E-state index in [1.54, 1.807) is 22.3 Å². The van der Waals surface area contributed by atoms with Crippen LogP contribution in [0.25, 0.3) is 5.82 Å². The number of nitrogens with zero attached hydrogens (tertiary/aromatic N) is 7.